The van der Waals surface area contributed by atoms with Crippen molar-refractivity contribution in [2.75, 3.05) is 10.6 Å². The molecule has 0 aliphatic heterocycles. The molecule has 13 heteroatoms. The van der Waals surface area contributed by atoms with Gasteiger partial charge in [0.1, 0.15) is 5.70 Å². The summed E-state index contributed by atoms with van der Waals surface area (Å²) in [5.41, 5.74) is -1.48. The van der Waals surface area contributed by atoms with Gasteiger partial charge in [-0.3, -0.25) is 9.78 Å². The number of hydrogen-bond donors (Lipinski definition) is 3. The summed E-state index contributed by atoms with van der Waals surface area (Å²) >= 11 is 6.16. The van der Waals surface area contributed by atoms with Crippen LogP contribution in [0, 0.1) is 12.3 Å². The molecule has 3 N–H and O–H groups in total. The van der Waals surface area contributed by atoms with E-state index >= 15 is 0 Å². The van der Waals surface area contributed by atoms with Crippen molar-refractivity contribution >= 4 is 45.9 Å². The van der Waals surface area contributed by atoms with Gasteiger partial charge in [-0.2, -0.15) is 23.4 Å². The van der Waals surface area contributed by atoms with Crippen LogP contribution >= 0.6 is 11.6 Å². The van der Waals surface area contributed by atoms with E-state index in [0.717, 1.165) is 10.4 Å². The van der Waals surface area contributed by atoms with Crippen LogP contribution in [0.4, 0.5) is 24.5 Å². The number of nitrogens with one attached hydrogen (secondary N) is 3. The molecule has 0 saturated carbocycles. The van der Waals surface area contributed by atoms with E-state index in [9.17, 15) is 18.0 Å². The Labute approximate surface area is 201 Å². The van der Waals surface area contributed by atoms with Crippen molar-refractivity contribution in [3.05, 3.63) is 77.1 Å². The molecule has 178 valence electrons. The van der Waals surface area contributed by atoms with Gasteiger partial charge in [-0.25, -0.2) is 4.98 Å². The number of pyridine rings is 2. The number of anilines is 2. The Morgan fingerprint density at radius 2 is 1.86 bits per heavy atom. The zero-order valence-corrected chi connectivity index (χ0v) is 18.7. The molecule has 3 aromatic heterocycles. The van der Waals surface area contributed by atoms with Gasteiger partial charge in [0.05, 0.1) is 34.9 Å². The number of carbonyl (C=O) groups excluding carboxylic acids is 1. The van der Waals surface area contributed by atoms with Gasteiger partial charge >= 0.3 is 6.18 Å². The quantitative estimate of drug-likeness (QED) is 0.261. The van der Waals surface area contributed by atoms with E-state index in [1.807, 2.05) is 0 Å². The number of rotatable bonds is 6. The fourth-order valence-electron chi connectivity index (χ4n) is 3.30. The van der Waals surface area contributed by atoms with E-state index in [0.29, 0.717) is 17.0 Å². The first-order valence-electron chi connectivity index (χ1n) is 9.95. The summed E-state index contributed by atoms with van der Waals surface area (Å²) in [4.78, 5) is 22.0. The lowest BCUT2D eigenvalue weighted by Gasteiger charge is -2.19. The van der Waals surface area contributed by atoms with E-state index in [1.54, 1.807) is 25.3 Å². The average Bonchev–Trinajstić information content (AvgIpc) is 3.33. The first kappa shape index (κ1) is 23.8. The molecule has 0 saturated heterocycles. The van der Waals surface area contributed by atoms with Crippen LogP contribution in [-0.4, -0.2) is 43.3 Å². The molecule has 0 fully saturated rings. The summed E-state index contributed by atoms with van der Waals surface area (Å²) in [7, 11) is 0. The molecule has 0 aliphatic rings. The Balaban J connectivity index is 1.69. The predicted molar refractivity (Wildman–Crippen MR) is 125 cm³/mol. The molecule has 0 aliphatic carbocycles. The third-order valence-electron chi connectivity index (χ3n) is 4.89. The second kappa shape index (κ2) is 9.50. The Kier molecular flexibility index (Phi) is 6.47. The lowest BCUT2D eigenvalue weighted by atomic mass is 10.1. The number of halogens is 4. The van der Waals surface area contributed by atoms with Crippen molar-refractivity contribution in [1.82, 2.24) is 25.0 Å². The van der Waals surface area contributed by atoms with E-state index in [-0.39, 0.29) is 22.2 Å². The van der Waals surface area contributed by atoms with Crippen LogP contribution < -0.4 is 10.6 Å². The number of carbonyl (C=O) groups is 1. The second-order valence-electron chi connectivity index (χ2n) is 7.21. The molecule has 3 heterocycles. The Morgan fingerprint density at radius 1 is 1.11 bits per heavy atom. The Bertz CT molecular complexity index is 1450. The van der Waals surface area contributed by atoms with Crippen LogP contribution in [0.15, 0.2) is 66.5 Å². The van der Waals surface area contributed by atoms with E-state index in [2.05, 4.69) is 30.8 Å². The largest absolute Gasteiger partial charge is 0.432 e. The van der Waals surface area contributed by atoms with Gasteiger partial charge in [0.25, 0.3) is 5.91 Å². The van der Waals surface area contributed by atoms with Crippen LogP contribution in [0.1, 0.15) is 5.56 Å². The number of aromatic nitrogens is 5. The molecule has 1 aromatic carbocycles. The summed E-state index contributed by atoms with van der Waals surface area (Å²) in [6.07, 6.45) is 2.38. The third kappa shape index (κ3) is 4.96. The van der Waals surface area contributed by atoms with Crippen molar-refractivity contribution in [3.8, 4) is 5.82 Å². The Hall–Kier alpha value is -4.32. The predicted octanol–water partition coefficient (Wildman–Crippen LogP) is 4.69. The number of fused-ring (bicyclic) bond motifs is 1. The van der Waals surface area contributed by atoms with E-state index in [4.69, 9.17) is 17.0 Å². The van der Waals surface area contributed by atoms with Gasteiger partial charge in [0, 0.05) is 29.7 Å². The molecule has 4 rings (SSSR count). The summed E-state index contributed by atoms with van der Waals surface area (Å²) in [6.45, 7) is 1.78. The number of benzene rings is 1. The van der Waals surface area contributed by atoms with Crippen molar-refractivity contribution in [2.24, 2.45) is 0 Å². The molecule has 35 heavy (non-hydrogen) atoms. The standard InChI is InChI=1S/C22H16ClF3N8O/c1-12-9-28-11-16-14(12)3-2-4-18(16)33-19(22(24,25)26)15(8-27)21(35)32-13-7-17(23)20(29-10-13)34-30-5-6-31-34/h2-11,27,33H,1H3,(H,32,35)/b19-15+,27-8?. The summed E-state index contributed by atoms with van der Waals surface area (Å²) < 4.78 is 42.1. The smallest absolute Gasteiger partial charge is 0.350 e. The van der Waals surface area contributed by atoms with Crippen LogP contribution in [0.2, 0.25) is 5.02 Å². The SMILES string of the molecule is Cc1cncc2c(N/C(=C(\C=N)C(=O)Nc3cnc(-n4nccn4)c(Cl)c3)C(F)(F)F)cccc12. The molecule has 9 nitrogen and oxygen atoms in total. The first-order chi connectivity index (χ1) is 16.7. The summed E-state index contributed by atoms with van der Waals surface area (Å²) in [6, 6.07) is 6.05. The minimum absolute atomic E-state index is 0.0155. The number of hydrogen-bond acceptors (Lipinski definition) is 7. The average molecular weight is 501 g/mol. The lowest BCUT2D eigenvalue weighted by Crippen LogP contribution is -2.27. The molecule has 0 radical (unpaired) electrons. The molecule has 0 atom stereocenters. The molecule has 1 amide bonds. The minimum atomic E-state index is -4.98. The van der Waals surface area contributed by atoms with E-state index in [1.165, 1.54) is 36.9 Å². The highest BCUT2D eigenvalue weighted by atomic mass is 35.5. The minimum Gasteiger partial charge on any atom is -0.350 e. The molecular weight excluding hydrogens is 485 g/mol. The third-order valence-corrected chi connectivity index (χ3v) is 5.17. The topological polar surface area (TPSA) is 121 Å². The highest BCUT2D eigenvalue weighted by molar-refractivity contribution is 6.32. The maximum atomic E-state index is 14.0. The zero-order chi connectivity index (χ0) is 25.2. The van der Waals surface area contributed by atoms with Crippen molar-refractivity contribution in [3.63, 3.8) is 0 Å². The highest BCUT2D eigenvalue weighted by Gasteiger charge is 2.38. The lowest BCUT2D eigenvalue weighted by molar-refractivity contribution is -0.114. The zero-order valence-electron chi connectivity index (χ0n) is 17.9. The Morgan fingerprint density at radius 3 is 2.51 bits per heavy atom. The monoisotopic (exact) mass is 500 g/mol. The van der Waals surface area contributed by atoms with Crippen LogP contribution in [0.3, 0.4) is 0 Å². The molecule has 0 bridgehead atoms. The fraction of sp³-hybridized carbons (Fsp3) is 0.0909. The number of allylic oxidation sites excluding steroid dienone is 1. The molecule has 0 unspecified atom stereocenters. The van der Waals surface area contributed by atoms with Crippen molar-refractivity contribution in [2.45, 2.75) is 13.1 Å². The molecular formula is C22H16ClF3N8O. The maximum absolute atomic E-state index is 14.0. The van der Waals surface area contributed by atoms with Crippen LogP contribution in [0.25, 0.3) is 16.6 Å². The normalized spacial score (nSPS) is 12.3. The number of nitrogens with zero attached hydrogens (tertiary/aromatic N) is 5. The number of amides is 1. The maximum Gasteiger partial charge on any atom is 0.432 e. The van der Waals surface area contributed by atoms with Crippen LogP contribution in [-0.2, 0) is 4.79 Å². The summed E-state index contributed by atoms with van der Waals surface area (Å²) in [5, 5.41) is 21.1. The van der Waals surface area contributed by atoms with Gasteiger partial charge in [0.15, 0.2) is 5.82 Å². The van der Waals surface area contributed by atoms with Gasteiger partial charge in [-0.05, 0) is 30.0 Å². The summed E-state index contributed by atoms with van der Waals surface area (Å²) in [5.74, 6) is -1.02. The van der Waals surface area contributed by atoms with Gasteiger partial charge in [0.2, 0.25) is 0 Å². The number of alkyl halides is 3. The van der Waals surface area contributed by atoms with Crippen molar-refractivity contribution < 1.29 is 18.0 Å². The van der Waals surface area contributed by atoms with Crippen LogP contribution in [0.5, 0.6) is 0 Å². The van der Waals surface area contributed by atoms with E-state index < -0.39 is 23.4 Å². The molecule has 0 spiro atoms. The number of aryl methyl sites for hydroxylation is 1. The highest BCUT2D eigenvalue weighted by Crippen LogP contribution is 2.33. The van der Waals surface area contributed by atoms with Gasteiger partial charge < -0.3 is 16.0 Å². The fourth-order valence-corrected chi connectivity index (χ4v) is 3.54. The van der Waals surface area contributed by atoms with Gasteiger partial charge in [-0.15, -0.1) is 4.80 Å². The van der Waals surface area contributed by atoms with Crippen molar-refractivity contribution in [1.29, 1.82) is 5.41 Å². The second-order valence-corrected chi connectivity index (χ2v) is 7.62. The molecule has 4 aromatic rings. The first-order valence-corrected chi connectivity index (χ1v) is 10.3. The van der Waals surface area contributed by atoms with Gasteiger partial charge in [-0.1, -0.05) is 23.7 Å².